The van der Waals surface area contributed by atoms with Crippen LogP contribution in [0.1, 0.15) is 43.0 Å². The fourth-order valence-corrected chi connectivity index (χ4v) is 7.06. The van der Waals surface area contributed by atoms with Gasteiger partial charge in [-0.15, -0.1) is 11.3 Å². The van der Waals surface area contributed by atoms with Crippen molar-refractivity contribution in [2.75, 3.05) is 47.4 Å². The Labute approximate surface area is 218 Å². The first kappa shape index (κ1) is 28.7. The third-order valence-corrected chi connectivity index (χ3v) is 9.72. The molecule has 0 saturated heterocycles. The molecule has 1 aliphatic rings. The van der Waals surface area contributed by atoms with Crippen LogP contribution in [0, 0.1) is 17.7 Å². The van der Waals surface area contributed by atoms with Crippen molar-refractivity contribution in [2.24, 2.45) is 11.8 Å². The van der Waals surface area contributed by atoms with Gasteiger partial charge in [-0.05, 0) is 80.9 Å². The van der Waals surface area contributed by atoms with Crippen molar-refractivity contribution < 1.29 is 22.3 Å². The van der Waals surface area contributed by atoms with Gasteiger partial charge >= 0.3 is 0 Å². The van der Waals surface area contributed by atoms with Gasteiger partial charge in [-0.25, -0.2) is 12.8 Å². The number of amides is 1. The van der Waals surface area contributed by atoms with E-state index in [-0.39, 0.29) is 30.6 Å². The molecule has 1 fully saturated rings. The average molecular weight is 540 g/mol. The van der Waals surface area contributed by atoms with Gasteiger partial charge < -0.3 is 15.0 Å². The van der Waals surface area contributed by atoms with E-state index in [9.17, 15) is 17.6 Å². The van der Waals surface area contributed by atoms with Crippen LogP contribution in [0.5, 0.6) is 0 Å². The molecule has 1 aromatic carbocycles. The van der Waals surface area contributed by atoms with Gasteiger partial charge in [0.15, 0.2) is 0 Å². The minimum atomic E-state index is -3.73. The largest absolute Gasteiger partial charge is 0.370 e. The lowest BCUT2D eigenvalue weighted by Gasteiger charge is -2.37. The van der Waals surface area contributed by atoms with Crippen LogP contribution in [0.3, 0.4) is 0 Å². The van der Waals surface area contributed by atoms with Crippen molar-refractivity contribution in [3.63, 3.8) is 0 Å². The molecule has 36 heavy (non-hydrogen) atoms. The number of sulfonamides is 1. The standard InChI is InChI=1S/C26H38FN3O4S2/c1-29(2)26(24-5-4-18-35-24)21-8-6-20(7-9-21)14-15-28-25(31)19-34-17-16-30(3)36(32,33)23-12-10-22(27)11-13-23/h4-5,10-13,18,20-21,26H,6-9,14-17,19H2,1-3H3,(H,28,31). The third kappa shape index (κ3) is 8.08. The van der Waals surface area contributed by atoms with Crippen molar-refractivity contribution in [1.29, 1.82) is 0 Å². The van der Waals surface area contributed by atoms with E-state index in [1.54, 1.807) is 0 Å². The lowest BCUT2D eigenvalue weighted by atomic mass is 9.76. The molecule has 7 nitrogen and oxygen atoms in total. The van der Waals surface area contributed by atoms with Gasteiger partial charge in [0, 0.05) is 31.1 Å². The highest BCUT2D eigenvalue weighted by atomic mass is 32.2. The summed E-state index contributed by atoms with van der Waals surface area (Å²) >= 11 is 1.83. The van der Waals surface area contributed by atoms with E-state index in [0.29, 0.717) is 24.4 Å². The van der Waals surface area contributed by atoms with Crippen LogP contribution in [0.2, 0.25) is 0 Å². The van der Waals surface area contributed by atoms with Crippen molar-refractivity contribution in [2.45, 2.75) is 43.0 Å². The number of carbonyl (C=O) groups is 1. The van der Waals surface area contributed by atoms with Gasteiger partial charge in [-0.3, -0.25) is 4.79 Å². The summed E-state index contributed by atoms with van der Waals surface area (Å²) in [6.07, 6.45) is 5.74. The number of nitrogens with zero attached hydrogens (tertiary/aromatic N) is 2. The molecule has 0 bridgehead atoms. The predicted molar refractivity (Wildman–Crippen MR) is 141 cm³/mol. The first-order valence-corrected chi connectivity index (χ1v) is 14.8. The molecule has 3 rings (SSSR count). The highest BCUT2D eigenvalue weighted by Crippen LogP contribution is 2.41. The molecule has 0 spiro atoms. The number of thiophene rings is 1. The second-order valence-corrected chi connectivity index (χ2v) is 12.7. The number of hydrogen-bond acceptors (Lipinski definition) is 6. The molecule has 0 aliphatic heterocycles. The molecule has 10 heteroatoms. The fourth-order valence-electron chi connectivity index (χ4n) is 4.89. The molecule has 200 valence electrons. The Kier molecular flexibility index (Phi) is 10.9. The van der Waals surface area contributed by atoms with Crippen LogP contribution < -0.4 is 5.32 Å². The monoisotopic (exact) mass is 539 g/mol. The predicted octanol–water partition coefficient (Wildman–Crippen LogP) is 4.14. The second-order valence-electron chi connectivity index (χ2n) is 9.68. The number of hydrogen-bond donors (Lipinski definition) is 1. The molecule has 0 radical (unpaired) electrons. The number of benzene rings is 1. The Bertz CT molecular complexity index is 1040. The zero-order chi connectivity index (χ0) is 26.1. The molecule has 1 heterocycles. The van der Waals surface area contributed by atoms with Gasteiger partial charge in [0.05, 0.1) is 11.5 Å². The molecular weight excluding hydrogens is 501 g/mol. The van der Waals surface area contributed by atoms with E-state index < -0.39 is 15.8 Å². The number of carbonyl (C=O) groups excluding carboxylic acids is 1. The zero-order valence-corrected chi connectivity index (χ0v) is 23.0. The van der Waals surface area contributed by atoms with E-state index in [1.165, 1.54) is 49.7 Å². The molecule has 1 aliphatic carbocycles. The molecule has 1 aromatic heterocycles. The van der Waals surface area contributed by atoms with E-state index in [1.807, 2.05) is 11.3 Å². The van der Waals surface area contributed by atoms with Crippen LogP contribution in [0.15, 0.2) is 46.7 Å². The summed E-state index contributed by atoms with van der Waals surface area (Å²) < 4.78 is 44.5. The van der Waals surface area contributed by atoms with E-state index in [2.05, 4.69) is 41.8 Å². The number of likely N-dealkylation sites (N-methyl/N-ethyl adjacent to an activating group) is 1. The maximum Gasteiger partial charge on any atom is 0.245 e. The highest BCUT2D eigenvalue weighted by molar-refractivity contribution is 7.89. The van der Waals surface area contributed by atoms with Crippen LogP contribution in [-0.2, 0) is 19.6 Å². The minimum absolute atomic E-state index is 0.0157. The van der Waals surface area contributed by atoms with Crippen LogP contribution in [0.4, 0.5) is 4.39 Å². The highest BCUT2D eigenvalue weighted by Gasteiger charge is 2.30. The first-order valence-electron chi connectivity index (χ1n) is 12.4. The summed E-state index contributed by atoms with van der Waals surface area (Å²) in [7, 11) is 2.03. The number of ether oxygens (including phenoxy) is 1. The number of halogens is 1. The van der Waals surface area contributed by atoms with Gasteiger partial charge in [0.25, 0.3) is 0 Å². The van der Waals surface area contributed by atoms with Gasteiger partial charge in [0.1, 0.15) is 12.4 Å². The Morgan fingerprint density at radius 2 is 1.83 bits per heavy atom. The average Bonchev–Trinajstić information content (AvgIpc) is 3.37. The van der Waals surface area contributed by atoms with Gasteiger partial charge in [0.2, 0.25) is 15.9 Å². The quantitative estimate of drug-likeness (QED) is 0.387. The first-order chi connectivity index (χ1) is 17.2. The summed E-state index contributed by atoms with van der Waals surface area (Å²) in [6, 6.07) is 9.52. The van der Waals surface area contributed by atoms with Crippen molar-refractivity contribution in [3.05, 3.63) is 52.5 Å². The number of rotatable bonds is 13. The molecule has 1 N–H and O–H groups in total. The van der Waals surface area contributed by atoms with Gasteiger partial charge in [-0.1, -0.05) is 18.9 Å². The SMILES string of the molecule is CN(C)C(c1cccs1)C1CCC(CCNC(=O)COCCN(C)S(=O)(=O)c2ccc(F)cc2)CC1. The molecule has 1 unspecified atom stereocenters. The molecular formula is C26H38FN3O4S2. The lowest BCUT2D eigenvalue weighted by molar-refractivity contribution is -0.125. The minimum Gasteiger partial charge on any atom is -0.370 e. The maximum atomic E-state index is 13.0. The molecule has 1 atom stereocenters. The third-order valence-electron chi connectivity index (χ3n) is 6.91. The normalized spacial score (nSPS) is 19.5. The summed E-state index contributed by atoms with van der Waals surface area (Å²) in [6.45, 7) is 0.697. The van der Waals surface area contributed by atoms with Crippen molar-refractivity contribution in [1.82, 2.24) is 14.5 Å². The Balaban J connectivity index is 1.29. The Hall–Kier alpha value is -1.85. The summed E-state index contributed by atoms with van der Waals surface area (Å²) in [5.41, 5.74) is 0. The summed E-state index contributed by atoms with van der Waals surface area (Å²) in [5, 5.41) is 5.07. The molecule has 2 aromatic rings. The Morgan fingerprint density at radius 3 is 2.44 bits per heavy atom. The topological polar surface area (TPSA) is 79.0 Å². The number of nitrogens with one attached hydrogen (secondary N) is 1. The van der Waals surface area contributed by atoms with Crippen LogP contribution >= 0.6 is 11.3 Å². The van der Waals surface area contributed by atoms with E-state index in [0.717, 1.165) is 22.9 Å². The van der Waals surface area contributed by atoms with Crippen molar-refractivity contribution in [3.8, 4) is 0 Å². The van der Waals surface area contributed by atoms with Crippen LogP contribution in [0.25, 0.3) is 0 Å². The van der Waals surface area contributed by atoms with Gasteiger partial charge in [-0.2, -0.15) is 4.31 Å². The van der Waals surface area contributed by atoms with E-state index >= 15 is 0 Å². The zero-order valence-electron chi connectivity index (χ0n) is 21.4. The summed E-state index contributed by atoms with van der Waals surface area (Å²) in [4.78, 5) is 15.9. The second kappa shape index (κ2) is 13.6. The fraction of sp³-hybridized carbons (Fsp3) is 0.577. The van der Waals surface area contributed by atoms with Crippen LogP contribution in [-0.4, -0.2) is 71.0 Å². The maximum absolute atomic E-state index is 13.0. The molecule has 1 amide bonds. The smallest absolute Gasteiger partial charge is 0.245 e. The summed E-state index contributed by atoms with van der Waals surface area (Å²) in [5.74, 6) is 0.602. The molecule has 1 saturated carbocycles. The lowest BCUT2D eigenvalue weighted by Crippen LogP contribution is -2.33. The Morgan fingerprint density at radius 1 is 1.14 bits per heavy atom. The van der Waals surface area contributed by atoms with Crippen molar-refractivity contribution >= 4 is 27.3 Å². The van der Waals surface area contributed by atoms with E-state index in [4.69, 9.17) is 4.74 Å².